The monoisotopic (exact) mass is 689 g/mol. The van der Waals surface area contributed by atoms with Gasteiger partial charge in [0, 0.05) is 6.42 Å². The van der Waals surface area contributed by atoms with Crippen LogP contribution < -0.4 is 0 Å². The predicted octanol–water partition coefficient (Wildman–Crippen LogP) is 17.0. The third kappa shape index (κ3) is 45.2. The second kappa shape index (κ2) is 43.4. The summed E-state index contributed by atoms with van der Waals surface area (Å²) in [5, 5.41) is 0. The van der Waals surface area contributed by atoms with E-state index in [4.69, 9.17) is 4.74 Å². The molecule has 0 spiro atoms. The highest BCUT2D eigenvalue weighted by atomic mass is 16.5. The van der Waals surface area contributed by atoms with E-state index < -0.39 is 0 Å². The maximum atomic E-state index is 12.0. The largest absolute Gasteiger partial charge is 0.466 e. The van der Waals surface area contributed by atoms with Crippen molar-refractivity contribution >= 4 is 5.97 Å². The fourth-order valence-electron chi connectivity index (χ4n) is 7.14. The predicted molar refractivity (Wildman–Crippen MR) is 221 cm³/mol. The molecule has 2 heteroatoms. The summed E-state index contributed by atoms with van der Waals surface area (Å²) in [5.41, 5.74) is 0. The summed E-state index contributed by atoms with van der Waals surface area (Å²) in [4.78, 5) is 12.0. The molecular weight excluding hydrogens is 597 g/mol. The zero-order valence-electron chi connectivity index (χ0n) is 34.3. The van der Waals surface area contributed by atoms with Crippen LogP contribution in [0.2, 0.25) is 0 Å². The number of allylic oxidation sites excluding steroid dienone is 2. The van der Waals surface area contributed by atoms with Gasteiger partial charge in [-0.3, -0.25) is 4.79 Å². The number of esters is 1. The number of unbranched alkanes of at least 4 members (excludes halogenated alkanes) is 34. The van der Waals surface area contributed by atoms with Gasteiger partial charge in [-0.25, -0.2) is 0 Å². The molecule has 0 saturated carbocycles. The summed E-state index contributed by atoms with van der Waals surface area (Å²) in [6, 6.07) is 0. The summed E-state index contributed by atoms with van der Waals surface area (Å²) in [5.74, 6) is 0.907. The van der Waals surface area contributed by atoms with E-state index in [1.165, 1.54) is 225 Å². The lowest BCUT2D eigenvalue weighted by Gasteiger charge is -2.06. The van der Waals surface area contributed by atoms with Crippen molar-refractivity contribution in [1.82, 2.24) is 0 Å². The molecule has 0 N–H and O–H groups in total. The van der Waals surface area contributed by atoms with Crippen molar-refractivity contribution in [2.24, 2.45) is 5.92 Å². The van der Waals surface area contributed by atoms with Gasteiger partial charge in [-0.15, -0.1) is 0 Å². The number of hydrogen-bond acceptors (Lipinski definition) is 2. The molecule has 0 aromatic heterocycles. The van der Waals surface area contributed by atoms with E-state index >= 15 is 0 Å². The summed E-state index contributed by atoms with van der Waals surface area (Å²) >= 11 is 0. The number of rotatable bonds is 42. The average molecular weight is 689 g/mol. The van der Waals surface area contributed by atoms with Gasteiger partial charge < -0.3 is 4.74 Å². The Bertz CT molecular complexity index is 638. The smallest absolute Gasteiger partial charge is 0.305 e. The first kappa shape index (κ1) is 48.2. The van der Waals surface area contributed by atoms with Crippen LogP contribution >= 0.6 is 0 Å². The molecule has 0 radical (unpaired) electrons. The van der Waals surface area contributed by atoms with Gasteiger partial charge in [0.15, 0.2) is 0 Å². The summed E-state index contributed by atoms with van der Waals surface area (Å²) < 4.78 is 5.46. The number of ether oxygens (including phenoxy) is 1. The average Bonchev–Trinajstić information content (AvgIpc) is 3.09. The normalized spacial score (nSPS) is 11.8. The second-order valence-corrected chi connectivity index (χ2v) is 16.2. The Morgan fingerprint density at radius 1 is 0.408 bits per heavy atom. The van der Waals surface area contributed by atoms with Crippen molar-refractivity contribution < 1.29 is 9.53 Å². The number of carbonyl (C=O) groups is 1. The molecule has 2 nitrogen and oxygen atoms in total. The van der Waals surface area contributed by atoms with Crippen molar-refractivity contribution in [1.29, 1.82) is 0 Å². The summed E-state index contributed by atoms with van der Waals surface area (Å²) in [6.07, 6.45) is 57.6. The van der Waals surface area contributed by atoms with Gasteiger partial charge in [0.05, 0.1) is 6.61 Å². The highest BCUT2D eigenvalue weighted by molar-refractivity contribution is 5.69. The van der Waals surface area contributed by atoms with E-state index in [0.29, 0.717) is 13.0 Å². The van der Waals surface area contributed by atoms with Gasteiger partial charge in [0.2, 0.25) is 0 Å². The Kier molecular flexibility index (Phi) is 42.7. The molecule has 0 aliphatic heterocycles. The Balaban J connectivity index is 3.15. The molecule has 0 aliphatic carbocycles. The van der Waals surface area contributed by atoms with Crippen molar-refractivity contribution in [3.8, 4) is 0 Å². The van der Waals surface area contributed by atoms with Crippen LogP contribution in [0.4, 0.5) is 0 Å². The number of carbonyl (C=O) groups excluding carboxylic acids is 1. The maximum absolute atomic E-state index is 12.0. The van der Waals surface area contributed by atoms with Gasteiger partial charge in [-0.2, -0.15) is 0 Å². The van der Waals surface area contributed by atoms with Crippen LogP contribution in [0.5, 0.6) is 0 Å². The van der Waals surface area contributed by atoms with Crippen LogP contribution in [0.15, 0.2) is 12.2 Å². The van der Waals surface area contributed by atoms with E-state index in [9.17, 15) is 4.79 Å². The van der Waals surface area contributed by atoms with Crippen molar-refractivity contribution in [2.75, 3.05) is 6.61 Å². The summed E-state index contributed by atoms with van der Waals surface area (Å²) in [6.45, 7) is 7.59. The second-order valence-electron chi connectivity index (χ2n) is 16.2. The maximum Gasteiger partial charge on any atom is 0.305 e. The van der Waals surface area contributed by atoms with Crippen LogP contribution in [-0.2, 0) is 9.53 Å². The molecule has 0 atom stereocenters. The first-order valence-corrected chi connectivity index (χ1v) is 23.0. The molecule has 0 aromatic carbocycles. The third-order valence-corrected chi connectivity index (χ3v) is 10.6. The fourth-order valence-corrected chi connectivity index (χ4v) is 7.14. The molecule has 49 heavy (non-hydrogen) atoms. The van der Waals surface area contributed by atoms with Gasteiger partial charge in [0.25, 0.3) is 0 Å². The Hall–Kier alpha value is -0.790. The van der Waals surface area contributed by atoms with E-state index in [2.05, 4.69) is 32.9 Å². The minimum Gasteiger partial charge on any atom is -0.466 e. The summed E-state index contributed by atoms with van der Waals surface area (Å²) in [7, 11) is 0. The van der Waals surface area contributed by atoms with Gasteiger partial charge in [-0.05, 0) is 44.4 Å². The van der Waals surface area contributed by atoms with Gasteiger partial charge >= 0.3 is 5.97 Å². The molecule has 0 saturated heterocycles. The zero-order chi connectivity index (χ0) is 35.6. The first-order chi connectivity index (χ1) is 24.2. The van der Waals surface area contributed by atoms with E-state index in [-0.39, 0.29) is 5.97 Å². The Labute approximate surface area is 310 Å². The van der Waals surface area contributed by atoms with E-state index in [1.54, 1.807) is 0 Å². The molecule has 0 fully saturated rings. The van der Waals surface area contributed by atoms with Crippen LogP contribution in [0, 0.1) is 5.92 Å². The van der Waals surface area contributed by atoms with Crippen LogP contribution in [0.1, 0.15) is 271 Å². The number of hydrogen-bond donors (Lipinski definition) is 0. The lowest BCUT2D eigenvalue weighted by atomic mass is 10.0. The van der Waals surface area contributed by atoms with Crippen LogP contribution in [-0.4, -0.2) is 12.6 Å². The SMILES string of the molecule is CCCCCC/C=C\CCCCCCCC(=O)OCCCCCCCCCCCCCCCCCCCCCCCCCCCCC(C)C. The standard InChI is InChI=1S/C47H92O2/c1-4-5-6-7-8-9-10-25-29-32-35-38-41-44-47(48)49-45-42-39-36-33-30-27-24-22-20-18-16-14-12-11-13-15-17-19-21-23-26-28-31-34-37-40-43-46(2)3/h9-10,46H,4-8,11-45H2,1-3H3/b10-9-. The molecule has 0 heterocycles. The molecular formula is C47H92O2. The molecule has 292 valence electrons. The van der Waals surface area contributed by atoms with E-state index in [1.807, 2.05) is 0 Å². The lowest BCUT2D eigenvalue weighted by molar-refractivity contribution is -0.143. The van der Waals surface area contributed by atoms with Crippen molar-refractivity contribution in [3.05, 3.63) is 12.2 Å². The van der Waals surface area contributed by atoms with Gasteiger partial charge in [0.1, 0.15) is 0 Å². The lowest BCUT2D eigenvalue weighted by Crippen LogP contribution is -2.05. The van der Waals surface area contributed by atoms with E-state index in [0.717, 1.165) is 25.2 Å². The minimum absolute atomic E-state index is 0.0193. The highest BCUT2D eigenvalue weighted by Crippen LogP contribution is 2.17. The topological polar surface area (TPSA) is 26.3 Å². The quantitative estimate of drug-likeness (QED) is 0.0362. The molecule has 0 amide bonds. The fraction of sp³-hybridized carbons (Fsp3) is 0.936. The molecule has 0 aromatic rings. The molecule has 0 rings (SSSR count). The van der Waals surface area contributed by atoms with Crippen molar-refractivity contribution in [2.45, 2.75) is 271 Å². The zero-order valence-corrected chi connectivity index (χ0v) is 34.3. The van der Waals surface area contributed by atoms with Gasteiger partial charge in [-0.1, -0.05) is 238 Å². The molecule has 0 unspecified atom stereocenters. The van der Waals surface area contributed by atoms with Crippen molar-refractivity contribution in [3.63, 3.8) is 0 Å². The Morgan fingerprint density at radius 2 is 0.714 bits per heavy atom. The highest BCUT2D eigenvalue weighted by Gasteiger charge is 2.03. The molecule has 0 bridgehead atoms. The molecule has 0 aliphatic rings. The minimum atomic E-state index is 0.0193. The van der Waals surface area contributed by atoms with Crippen LogP contribution in [0.25, 0.3) is 0 Å². The first-order valence-electron chi connectivity index (χ1n) is 23.0. The van der Waals surface area contributed by atoms with Crippen LogP contribution in [0.3, 0.4) is 0 Å². The Morgan fingerprint density at radius 3 is 1.08 bits per heavy atom. The third-order valence-electron chi connectivity index (χ3n) is 10.6.